The summed E-state index contributed by atoms with van der Waals surface area (Å²) in [5.74, 6) is -0.0928. The average molecular weight is 333 g/mol. The van der Waals surface area contributed by atoms with Crippen LogP contribution in [0.4, 0.5) is 0 Å². The Morgan fingerprint density at radius 3 is 2.75 bits per heavy atom. The first-order valence-corrected chi connectivity index (χ1v) is 8.38. The molecule has 1 atom stereocenters. The molecule has 130 valence electrons. The highest BCUT2D eigenvalue weighted by atomic mass is 16.5. The number of nitrogens with one attached hydrogen (secondary N) is 1. The SMILES string of the molecule is O=C(CN1CCN(C(=O)c2cnccn2)CC1)NC[C@@H]1CCCO1. The van der Waals surface area contributed by atoms with Crippen LogP contribution in [0.1, 0.15) is 23.3 Å². The highest BCUT2D eigenvalue weighted by Gasteiger charge is 2.24. The number of ether oxygens (including phenoxy) is 1. The van der Waals surface area contributed by atoms with Crippen LogP contribution in [0.25, 0.3) is 0 Å². The van der Waals surface area contributed by atoms with E-state index in [1.807, 2.05) is 0 Å². The molecular weight excluding hydrogens is 310 g/mol. The fraction of sp³-hybridized carbons (Fsp3) is 0.625. The first-order chi connectivity index (χ1) is 11.7. The van der Waals surface area contributed by atoms with Crippen LogP contribution in [-0.4, -0.2) is 83.6 Å². The molecule has 0 spiro atoms. The first-order valence-electron chi connectivity index (χ1n) is 8.38. The zero-order chi connectivity index (χ0) is 16.8. The Balaban J connectivity index is 1.38. The lowest BCUT2D eigenvalue weighted by Gasteiger charge is -2.34. The summed E-state index contributed by atoms with van der Waals surface area (Å²) in [6.45, 7) is 4.29. The van der Waals surface area contributed by atoms with Crippen LogP contribution in [0.5, 0.6) is 0 Å². The van der Waals surface area contributed by atoms with Gasteiger partial charge in [-0.25, -0.2) is 4.98 Å². The predicted molar refractivity (Wildman–Crippen MR) is 86.4 cm³/mol. The number of piperazine rings is 1. The molecule has 0 aromatic carbocycles. The normalized spacial score (nSPS) is 21.7. The van der Waals surface area contributed by atoms with Gasteiger partial charge >= 0.3 is 0 Å². The van der Waals surface area contributed by atoms with E-state index >= 15 is 0 Å². The van der Waals surface area contributed by atoms with E-state index in [0.29, 0.717) is 45.0 Å². The molecule has 1 aromatic rings. The van der Waals surface area contributed by atoms with Crippen molar-refractivity contribution >= 4 is 11.8 Å². The van der Waals surface area contributed by atoms with Crippen molar-refractivity contribution in [2.75, 3.05) is 45.9 Å². The van der Waals surface area contributed by atoms with Crippen molar-refractivity contribution in [1.29, 1.82) is 0 Å². The van der Waals surface area contributed by atoms with E-state index in [2.05, 4.69) is 20.2 Å². The van der Waals surface area contributed by atoms with Gasteiger partial charge in [0.15, 0.2) is 0 Å². The molecule has 3 rings (SSSR count). The summed E-state index contributed by atoms with van der Waals surface area (Å²) in [4.78, 5) is 36.1. The maximum Gasteiger partial charge on any atom is 0.274 e. The molecule has 2 aliphatic rings. The van der Waals surface area contributed by atoms with Gasteiger partial charge in [-0.15, -0.1) is 0 Å². The Bertz CT molecular complexity index is 554. The third kappa shape index (κ3) is 4.48. The second-order valence-electron chi connectivity index (χ2n) is 6.10. The lowest BCUT2D eigenvalue weighted by molar-refractivity contribution is -0.123. The largest absolute Gasteiger partial charge is 0.376 e. The van der Waals surface area contributed by atoms with Crippen LogP contribution in [0.3, 0.4) is 0 Å². The monoisotopic (exact) mass is 333 g/mol. The average Bonchev–Trinajstić information content (AvgIpc) is 3.14. The van der Waals surface area contributed by atoms with E-state index in [0.717, 1.165) is 19.4 Å². The molecule has 2 saturated heterocycles. The van der Waals surface area contributed by atoms with E-state index in [9.17, 15) is 9.59 Å². The molecular formula is C16H23N5O3. The van der Waals surface area contributed by atoms with Crippen molar-refractivity contribution in [2.24, 2.45) is 0 Å². The zero-order valence-corrected chi connectivity index (χ0v) is 13.7. The summed E-state index contributed by atoms with van der Waals surface area (Å²) in [6, 6.07) is 0. The minimum Gasteiger partial charge on any atom is -0.376 e. The summed E-state index contributed by atoms with van der Waals surface area (Å²) < 4.78 is 5.49. The Morgan fingerprint density at radius 1 is 1.25 bits per heavy atom. The number of carbonyl (C=O) groups is 2. The van der Waals surface area contributed by atoms with Crippen molar-refractivity contribution in [3.63, 3.8) is 0 Å². The number of hydrogen-bond acceptors (Lipinski definition) is 6. The summed E-state index contributed by atoms with van der Waals surface area (Å²) in [5, 5.41) is 2.93. The molecule has 0 radical (unpaired) electrons. The summed E-state index contributed by atoms with van der Waals surface area (Å²) in [6.07, 6.45) is 6.79. The van der Waals surface area contributed by atoms with Gasteiger partial charge in [0.2, 0.25) is 5.91 Å². The summed E-state index contributed by atoms with van der Waals surface area (Å²) >= 11 is 0. The van der Waals surface area contributed by atoms with Gasteiger partial charge in [0, 0.05) is 51.7 Å². The van der Waals surface area contributed by atoms with Crippen molar-refractivity contribution < 1.29 is 14.3 Å². The van der Waals surface area contributed by atoms with Gasteiger partial charge in [0.05, 0.1) is 18.8 Å². The molecule has 8 heteroatoms. The lowest BCUT2D eigenvalue weighted by atomic mass is 10.2. The topological polar surface area (TPSA) is 87.7 Å². The highest BCUT2D eigenvalue weighted by molar-refractivity contribution is 5.92. The number of hydrogen-bond donors (Lipinski definition) is 1. The standard InChI is InChI=1S/C16H23N5O3/c22-15(19-10-13-2-1-9-24-13)12-20-5-7-21(8-6-20)16(23)14-11-17-3-4-18-14/h3-4,11,13H,1-2,5-10,12H2,(H,19,22)/t13-/m0/s1. The van der Waals surface area contributed by atoms with Crippen molar-refractivity contribution in [1.82, 2.24) is 25.1 Å². The van der Waals surface area contributed by atoms with Crippen LogP contribution < -0.4 is 5.32 Å². The van der Waals surface area contributed by atoms with Gasteiger partial charge in [0.25, 0.3) is 5.91 Å². The molecule has 24 heavy (non-hydrogen) atoms. The molecule has 3 heterocycles. The third-order valence-corrected chi connectivity index (χ3v) is 4.36. The number of nitrogens with zero attached hydrogens (tertiary/aromatic N) is 4. The van der Waals surface area contributed by atoms with E-state index in [-0.39, 0.29) is 17.9 Å². The summed E-state index contributed by atoms with van der Waals surface area (Å²) in [5.41, 5.74) is 0.361. The fourth-order valence-corrected chi connectivity index (χ4v) is 2.97. The minimum atomic E-state index is -0.106. The molecule has 1 aromatic heterocycles. The molecule has 0 unspecified atom stereocenters. The van der Waals surface area contributed by atoms with Crippen LogP contribution >= 0.6 is 0 Å². The molecule has 0 saturated carbocycles. The van der Waals surface area contributed by atoms with Gasteiger partial charge in [-0.1, -0.05) is 0 Å². The van der Waals surface area contributed by atoms with Crippen LogP contribution in [0.2, 0.25) is 0 Å². The van der Waals surface area contributed by atoms with E-state index in [1.54, 1.807) is 11.1 Å². The van der Waals surface area contributed by atoms with Crippen molar-refractivity contribution in [3.05, 3.63) is 24.3 Å². The zero-order valence-electron chi connectivity index (χ0n) is 13.7. The first kappa shape index (κ1) is 16.8. The van der Waals surface area contributed by atoms with E-state index in [4.69, 9.17) is 4.74 Å². The molecule has 2 amide bonds. The maximum atomic E-state index is 12.3. The van der Waals surface area contributed by atoms with Crippen molar-refractivity contribution in [3.8, 4) is 0 Å². The Morgan fingerprint density at radius 2 is 2.08 bits per heavy atom. The Kier molecular flexibility index (Phi) is 5.71. The maximum absolute atomic E-state index is 12.3. The molecule has 2 fully saturated rings. The highest BCUT2D eigenvalue weighted by Crippen LogP contribution is 2.10. The third-order valence-electron chi connectivity index (χ3n) is 4.36. The van der Waals surface area contributed by atoms with Crippen LogP contribution in [0.15, 0.2) is 18.6 Å². The second kappa shape index (κ2) is 8.16. The predicted octanol–water partition coefficient (Wildman–Crippen LogP) is -0.470. The molecule has 8 nitrogen and oxygen atoms in total. The summed E-state index contributed by atoms with van der Waals surface area (Å²) in [7, 11) is 0. The quantitative estimate of drug-likeness (QED) is 0.784. The number of amides is 2. The lowest BCUT2D eigenvalue weighted by Crippen LogP contribution is -2.51. The second-order valence-corrected chi connectivity index (χ2v) is 6.10. The number of rotatable bonds is 5. The van der Waals surface area contributed by atoms with Crippen LogP contribution in [0, 0.1) is 0 Å². The van der Waals surface area contributed by atoms with Crippen molar-refractivity contribution in [2.45, 2.75) is 18.9 Å². The Hall–Kier alpha value is -2.06. The Labute approximate surface area is 141 Å². The molecule has 0 bridgehead atoms. The van der Waals surface area contributed by atoms with Gasteiger partial charge < -0.3 is 15.0 Å². The van der Waals surface area contributed by atoms with Gasteiger partial charge in [-0.3, -0.25) is 19.5 Å². The van der Waals surface area contributed by atoms with Crippen LogP contribution in [-0.2, 0) is 9.53 Å². The smallest absolute Gasteiger partial charge is 0.274 e. The molecule has 1 N–H and O–H groups in total. The number of aromatic nitrogens is 2. The minimum absolute atomic E-state index is 0.0132. The number of carbonyl (C=O) groups excluding carboxylic acids is 2. The van der Waals surface area contributed by atoms with E-state index < -0.39 is 0 Å². The fourth-order valence-electron chi connectivity index (χ4n) is 2.97. The van der Waals surface area contributed by atoms with Gasteiger partial charge in [0.1, 0.15) is 5.69 Å². The van der Waals surface area contributed by atoms with E-state index in [1.165, 1.54) is 12.4 Å². The molecule has 0 aliphatic carbocycles. The van der Waals surface area contributed by atoms with Gasteiger partial charge in [-0.2, -0.15) is 0 Å². The van der Waals surface area contributed by atoms with Gasteiger partial charge in [-0.05, 0) is 12.8 Å². The molecule has 2 aliphatic heterocycles.